The van der Waals surface area contributed by atoms with E-state index in [1.54, 1.807) is 17.0 Å². The Morgan fingerprint density at radius 1 is 1.00 bits per heavy atom. The lowest BCUT2D eigenvalue weighted by atomic mass is 10.2. The molecule has 0 spiro atoms. The molecule has 1 aliphatic rings. The number of piperazine rings is 1. The summed E-state index contributed by atoms with van der Waals surface area (Å²) in [7, 11) is -1.68. The van der Waals surface area contributed by atoms with Gasteiger partial charge in [0.25, 0.3) is 0 Å². The molecule has 0 aromatic heterocycles. The average molecular weight is 416 g/mol. The smallest absolute Gasteiger partial charge is 0.243 e. The molecule has 0 radical (unpaired) electrons. The maximum atomic E-state index is 12.9. The van der Waals surface area contributed by atoms with Gasteiger partial charge in [-0.2, -0.15) is 4.31 Å². The number of carbonyl (C=O) groups excluding carboxylic acids is 1. The van der Waals surface area contributed by atoms with Crippen LogP contribution in [0, 0.1) is 6.92 Å². The van der Waals surface area contributed by atoms with Gasteiger partial charge in [0, 0.05) is 39.8 Å². The molecule has 1 aliphatic heterocycles. The van der Waals surface area contributed by atoms with Gasteiger partial charge >= 0.3 is 0 Å². The van der Waals surface area contributed by atoms with Crippen molar-refractivity contribution in [3.05, 3.63) is 65.7 Å². The summed E-state index contributed by atoms with van der Waals surface area (Å²) >= 11 is 0. The molecule has 0 aliphatic carbocycles. The highest BCUT2D eigenvalue weighted by atomic mass is 32.2. The number of likely N-dealkylation sites (N-methyl/N-ethyl adjacent to an activating group) is 1. The third-order valence-electron chi connectivity index (χ3n) is 5.48. The highest BCUT2D eigenvalue weighted by molar-refractivity contribution is 7.89. The van der Waals surface area contributed by atoms with Crippen molar-refractivity contribution in [1.29, 1.82) is 0 Å². The first-order chi connectivity index (χ1) is 13.8. The number of amides is 1. The first-order valence-corrected chi connectivity index (χ1v) is 11.3. The highest BCUT2D eigenvalue weighted by Gasteiger charge is 2.32. The number of rotatable bonds is 6. The molecule has 7 heteroatoms. The lowest BCUT2D eigenvalue weighted by Crippen LogP contribution is -2.54. The molecule has 1 saturated heterocycles. The maximum Gasteiger partial charge on any atom is 0.243 e. The number of hydrogen-bond donors (Lipinski definition) is 0. The number of aryl methyl sites for hydroxylation is 1. The lowest BCUT2D eigenvalue weighted by molar-refractivity contribution is -0.136. The minimum atomic E-state index is -3.49. The van der Waals surface area contributed by atoms with E-state index >= 15 is 0 Å². The van der Waals surface area contributed by atoms with E-state index in [0.717, 1.165) is 11.1 Å². The van der Waals surface area contributed by atoms with Crippen LogP contribution in [0.3, 0.4) is 0 Å². The molecule has 156 valence electrons. The normalized spacial score (nSPS) is 17.1. The van der Waals surface area contributed by atoms with Crippen LogP contribution in [0.1, 0.15) is 18.1 Å². The Balaban J connectivity index is 1.58. The summed E-state index contributed by atoms with van der Waals surface area (Å²) in [4.78, 5) is 16.9. The minimum absolute atomic E-state index is 0.0451. The van der Waals surface area contributed by atoms with E-state index in [-0.39, 0.29) is 11.9 Å². The van der Waals surface area contributed by atoms with Crippen LogP contribution >= 0.6 is 0 Å². The first-order valence-electron chi connectivity index (χ1n) is 9.89. The second kappa shape index (κ2) is 9.07. The zero-order valence-electron chi connectivity index (χ0n) is 17.3. The van der Waals surface area contributed by atoms with Gasteiger partial charge in [-0.15, -0.1) is 0 Å². The van der Waals surface area contributed by atoms with Gasteiger partial charge in [-0.25, -0.2) is 8.42 Å². The topological polar surface area (TPSA) is 60.9 Å². The van der Waals surface area contributed by atoms with Gasteiger partial charge in [0.2, 0.25) is 15.9 Å². The summed E-state index contributed by atoms with van der Waals surface area (Å²) in [5.74, 6) is 0.0451. The minimum Gasteiger partial charge on any atom is -0.340 e. The Kier molecular flexibility index (Phi) is 6.72. The molecule has 1 heterocycles. The van der Waals surface area contributed by atoms with E-state index in [2.05, 4.69) is 4.90 Å². The second-order valence-corrected chi connectivity index (χ2v) is 9.55. The van der Waals surface area contributed by atoms with Gasteiger partial charge in [0.05, 0.1) is 10.9 Å². The van der Waals surface area contributed by atoms with E-state index in [1.165, 1.54) is 4.31 Å². The van der Waals surface area contributed by atoms with Gasteiger partial charge in [-0.1, -0.05) is 48.0 Å². The van der Waals surface area contributed by atoms with Gasteiger partial charge in [-0.3, -0.25) is 9.69 Å². The average Bonchev–Trinajstić information content (AvgIpc) is 2.73. The van der Waals surface area contributed by atoms with Crippen molar-refractivity contribution in [3.63, 3.8) is 0 Å². The fraction of sp³-hybridized carbons (Fsp3) is 0.409. The van der Waals surface area contributed by atoms with Crippen LogP contribution in [-0.4, -0.2) is 67.7 Å². The summed E-state index contributed by atoms with van der Waals surface area (Å²) in [6.07, 6.45) is 0. The molecule has 6 nitrogen and oxygen atoms in total. The van der Waals surface area contributed by atoms with Crippen molar-refractivity contribution in [3.8, 4) is 0 Å². The van der Waals surface area contributed by atoms with Crippen molar-refractivity contribution >= 4 is 15.9 Å². The van der Waals surface area contributed by atoms with Crippen LogP contribution in [-0.2, 0) is 21.4 Å². The third-order valence-corrected chi connectivity index (χ3v) is 7.39. The third kappa shape index (κ3) is 5.04. The van der Waals surface area contributed by atoms with Crippen molar-refractivity contribution in [2.45, 2.75) is 31.3 Å². The molecule has 0 bridgehead atoms. The number of hydrogen-bond acceptors (Lipinski definition) is 4. The quantitative estimate of drug-likeness (QED) is 0.727. The number of carbonyl (C=O) groups is 1. The highest BCUT2D eigenvalue weighted by Crippen LogP contribution is 2.19. The largest absolute Gasteiger partial charge is 0.340 e. The number of nitrogens with zero attached hydrogens (tertiary/aromatic N) is 3. The van der Waals surface area contributed by atoms with Crippen LogP contribution < -0.4 is 0 Å². The second-order valence-electron chi connectivity index (χ2n) is 7.61. The summed E-state index contributed by atoms with van der Waals surface area (Å²) in [6.45, 7) is 6.24. The number of sulfonamides is 1. The van der Waals surface area contributed by atoms with Crippen LogP contribution in [0.5, 0.6) is 0 Å². The molecular formula is C22H29N3O3S. The molecule has 1 amide bonds. The lowest BCUT2D eigenvalue weighted by Gasteiger charge is -2.37. The SMILES string of the molecule is Cc1ccc(S(=O)(=O)N2CCN([C@H](C)C(=O)N(C)Cc3ccccc3)CC2)cc1. The van der Waals surface area contributed by atoms with Gasteiger partial charge in [0.15, 0.2) is 0 Å². The molecular weight excluding hydrogens is 386 g/mol. The Bertz CT molecular complexity index is 922. The fourth-order valence-corrected chi connectivity index (χ4v) is 5.02. The fourth-order valence-electron chi connectivity index (χ4n) is 3.60. The molecule has 0 unspecified atom stereocenters. The Labute approximate surface area is 173 Å². The summed E-state index contributed by atoms with van der Waals surface area (Å²) in [5, 5.41) is 0. The van der Waals surface area contributed by atoms with Crippen molar-refractivity contribution in [2.24, 2.45) is 0 Å². The van der Waals surface area contributed by atoms with Crippen LogP contribution in [0.4, 0.5) is 0 Å². The molecule has 0 saturated carbocycles. The van der Waals surface area contributed by atoms with Gasteiger partial charge in [0.1, 0.15) is 0 Å². The molecule has 3 rings (SSSR count). The van der Waals surface area contributed by atoms with E-state index in [9.17, 15) is 13.2 Å². The standard InChI is InChI=1S/C22H29N3O3S/c1-18-9-11-21(12-10-18)29(27,28)25-15-13-24(14-16-25)19(2)22(26)23(3)17-20-7-5-4-6-8-20/h4-12,19H,13-17H2,1-3H3/t19-/m1/s1. The van der Waals surface area contributed by atoms with Crippen LogP contribution in [0.25, 0.3) is 0 Å². The van der Waals surface area contributed by atoms with Gasteiger partial charge in [-0.05, 0) is 31.5 Å². The van der Waals surface area contributed by atoms with E-state index in [4.69, 9.17) is 0 Å². The van der Waals surface area contributed by atoms with Crippen molar-refractivity contribution in [1.82, 2.24) is 14.1 Å². The number of benzene rings is 2. The molecule has 2 aromatic rings. The zero-order chi connectivity index (χ0) is 21.0. The maximum absolute atomic E-state index is 12.9. The molecule has 29 heavy (non-hydrogen) atoms. The Morgan fingerprint density at radius 2 is 1.59 bits per heavy atom. The summed E-state index contributed by atoms with van der Waals surface area (Å²) < 4.78 is 27.2. The van der Waals surface area contributed by atoms with Crippen molar-refractivity contribution < 1.29 is 13.2 Å². The first kappa shape index (κ1) is 21.5. The Hall–Kier alpha value is -2.22. The van der Waals surface area contributed by atoms with Gasteiger partial charge < -0.3 is 4.90 Å². The van der Waals surface area contributed by atoms with E-state index < -0.39 is 10.0 Å². The van der Waals surface area contributed by atoms with Crippen LogP contribution in [0.2, 0.25) is 0 Å². The predicted molar refractivity (Wildman–Crippen MR) is 114 cm³/mol. The van der Waals surface area contributed by atoms with Crippen molar-refractivity contribution in [2.75, 3.05) is 33.2 Å². The predicted octanol–water partition coefficient (Wildman–Crippen LogP) is 2.35. The molecule has 0 N–H and O–H groups in total. The van der Waals surface area contributed by atoms with E-state index in [1.807, 2.05) is 63.4 Å². The van der Waals surface area contributed by atoms with Crippen LogP contribution in [0.15, 0.2) is 59.5 Å². The monoisotopic (exact) mass is 415 g/mol. The molecule has 1 atom stereocenters. The summed E-state index contributed by atoms with van der Waals surface area (Å²) in [5.41, 5.74) is 2.12. The Morgan fingerprint density at radius 3 is 2.17 bits per heavy atom. The summed E-state index contributed by atoms with van der Waals surface area (Å²) in [6, 6.07) is 16.5. The zero-order valence-corrected chi connectivity index (χ0v) is 18.1. The van der Waals surface area contributed by atoms with E-state index in [0.29, 0.717) is 37.6 Å². The molecule has 1 fully saturated rings. The molecule has 2 aromatic carbocycles.